The van der Waals surface area contributed by atoms with Crippen molar-refractivity contribution in [1.82, 2.24) is 4.90 Å². The molecule has 3 nitrogen and oxygen atoms in total. The summed E-state index contributed by atoms with van der Waals surface area (Å²) in [4.78, 5) is 2.05. The van der Waals surface area contributed by atoms with Gasteiger partial charge in [-0.2, -0.15) is 0 Å². The van der Waals surface area contributed by atoms with Crippen LogP contribution in [0.3, 0.4) is 0 Å². The first kappa shape index (κ1) is 11.1. The standard InChI is InChI=1S/C11H14BrNO2/c12-9-3-1-2-8(4-9)5-13-6-10(14)11(15)7-13/h1-4,10-11,14-15H,5-7H2. The van der Waals surface area contributed by atoms with Crippen molar-refractivity contribution in [3.8, 4) is 0 Å². The van der Waals surface area contributed by atoms with Crippen LogP contribution in [0.25, 0.3) is 0 Å². The second kappa shape index (κ2) is 4.61. The number of hydrogen-bond donors (Lipinski definition) is 2. The van der Waals surface area contributed by atoms with E-state index in [0.29, 0.717) is 13.1 Å². The summed E-state index contributed by atoms with van der Waals surface area (Å²) >= 11 is 3.42. The predicted molar refractivity (Wildman–Crippen MR) is 61.4 cm³/mol. The molecule has 2 atom stereocenters. The van der Waals surface area contributed by atoms with Crippen molar-refractivity contribution in [2.45, 2.75) is 18.8 Å². The van der Waals surface area contributed by atoms with Gasteiger partial charge in [-0.05, 0) is 17.7 Å². The number of aliphatic hydroxyl groups is 2. The highest BCUT2D eigenvalue weighted by molar-refractivity contribution is 9.10. The molecule has 1 aromatic rings. The van der Waals surface area contributed by atoms with E-state index < -0.39 is 12.2 Å². The second-order valence-corrected chi connectivity index (χ2v) is 4.87. The Morgan fingerprint density at radius 2 is 1.93 bits per heavy atom. The maximum atomic E-state index is 9.40. The maximum Gasteiger partial charge on any atom is 0.0938 e. The van der Waals surface area contributed by atoms with Crippen LogP contribution in [0.5, 0.6) is 0 Å². The summed E-state index contributed by atoms with van der Waals surface area (Å²) in [7, 11) is 0. The molecule has 0 bridgehead atoms. The zero-order valence-electron chi connectivity index (χ0n) is 8.31. The Hall–Kier alpha value is -0.420. The highest BCUT2D eigenvalue weighted by Gasteiger charge is 2.29. The third-order valence-electron chi connectivity index (χ3n) is 2.63. The topological polar surface area (TPSA) is 43.7 Å². The molecular formula is C11H14BrNO2. The number of nitrogens with zero attached hydrogens (tertiary/aromatic N) is 1. The molecule has 1 heterocycles. The van der Waals surface area contributed by atoms with Crippen LogP contribution in [0.15, 0.2) is 28.7 Å². The normalized spacial score (nSPS) is 27.1. The zero-order valence-corrected chi connectivity index (χ0v) is 9.89. The Kier molecular flexibility index (Phi) is 3.41. The van der Waals surface area contributed by atoms with Crippen LogP contribution in [0.4, 0.5) is 0 Å². The molecule has 1 aliphatic heterocycles. The number of hydrogen-bond acceptors (Lipinski definition) is 3. The summed E-state index contributed by atoms with van der Waals surface area (Å²) < 4.78 is 1.06. The van der Waals surface area contributed by atoms with Gasteiger partial charge in [0.05, 0.1) is 12.2 Å². The SMILES string of the molecule is OC1CN(Cc2cccc(Br)c2)CC1O. The molecular weight excluding hydrogens is 258 g/mol. The average molecular weight is 272 g/mol. The molecule has 0 saturated carbocycles. The third kappa shape index (κ3) is 2.78. The lowest BCUT2D eigenvalue weighted by Gasteiger charge is -2.14. The van der Waals surface area contributed by atoms with Gasteiger partial charge in [0.2, 0.25) is 0 Å². The van der Waals surface area contributed by atoms with Gasteiger partial charge >= 0.3 is 0 Å². The van der Waals surface area contributed by atoms with E-state index in [1.165, 1.54) is 5.56 Å². The number of benzene rings is 1. The summed E-state index contributed by atoms with van der Waals surface area (Å²) in [5, 5.41) is 18.8. The number of likely N-dealkylation sites (tertiary alicyclic amines) is 1. The molecule has 1 saturated heterocycles. The van der Waals surface area contributed by atoms with Crippen LogP contribution in [-0.4, -0.2) is 40.4 Å². The highest BCUT2D eigenvalue weighted by atomic mass is 79.9. The minimum absolute atomic E-state index is 0.549. The molecule has 0 spiro atoms. The zero-order chi connectivity index (χ0) is 10.8. The fourth-order valence-electron chi connectivity index (χ4n) is 1.87. The number of rotatable bonds is 2. The van der Waals surface area contributed by atoms with Crippen LogP contribution in [-0.2, 0) is 6.54 Å². The first-order valence-corrected chi connectivity index (χ1v) is 5.77. The van der Waals surface area contributed by atoms with Crippen molar-refractivity contribution in [3.05, 3.63) is 34.3 Å². The van der Waals surface area contributed by atoms with Crippen molar-refractivity contribution in [2.75, 3.05) is 13.1 Å². The van der Waals surface area contributed by atoms with Crippen molar-refractivity contribution >= 4 is 15.9 Å². The average Bonchev–Trinajstić information content (AvgIpc) is 2.45. The monoisotopic (exact) mass is 271 g/mol. The van der Waals surface area contributed by atoms with Crippen LogP contribution in [0.1, 0.15) is 5.56 Å². The molecule has 0 amide bonds. The molecule has 0 aromatic heterocycles. The van der Waals surface area contributed by atoms with Gasteiger partial charge in [-0.25, -0.2) is 0 Å². The van der Waals surface area contributed by atoms with Gasteiger partial charge in [0, 0.05) is 24.1 Å². The van der Waals surface area contributed by atoms with Gasteiger partial charge in [-0.1, -0.05) is 28.1 Å². The molecule has 4 heteroatoms. The van der Waals surface area contributed by atoms with Crippen molar-refractivity contribution < 1.29 is 10.2 Å². The molecule has 82 valence electrons. The van der Waals surface area contributed by atoms with Crippen LogP contribution < -0.4 is 0 Å². The lowest BCUT2D eigenvalue weighted by Crippen LogP contribution is -2.22. The minimum Gasteiger partial charge on any atom is -0.389 e. The van der Waals surface area contributed by atoms with Crippen LogP contribution in [0.2, 0.25) is 0 Å². The predicted octanol–water partition coefficient (Wildman–Crippen LogP) is 0.986. The third-order valence-corrected chi connectivity index (χ3v) is 3.12. The first-order valence-electron chi connectivity index (χ1n) is 4.98. The van der Waals surface area contributed by atoms with E-state index >= 15 is 0 Å². The van der Waals surface area contributed by atoms with Gasteiger partial charge in [0.25, 0.3) is 0 Å². The molecule has 0 aliphatic carbocycles. The molecule has 0 radical (unpaired) electrons. The quantitative estimate of drug-likeness (QED) is 0.843. The van der Waals surface area contributed by atoms with E-state index in [9.17, 15) is 10.2 Å². The summed E-state index contributed by atoms with van der Waals surface area (Å²) in [5.41, 5.74) is 1.19. The van der Waals surface area contributed by atoms with E-state index in [2.05, 4.69) is 26.9 Å². The van der Waals surface area contributed by atoms with Crippen molar-refractivity contribution in [2.24, 2.45) is 0 Å². The van der Waals surface area contributed by atoms with Crippen LogP contribution in [0, 0.1) is 0 Å². The highest BCUT2D eigenvalue weighted by Crippen LogP contribution is 2.17. The van der Waals surface area contributed by atoms with E-state index in [1.807, 2.05) is 18.2 Å². The molecule has 2 N–H and O–H groups in total. The summed E-state index contributed by atoms with van der Waals surface area (Å²) in [6, 6.07) is 8.07. The van der Waals surface area contributed by atoms with Crippen molar-refractivity contribution in [3.63, 3.8) is 0 Å². The first-order chi connectivity index (χ1) is 7.15. The van der Waals surface area contributed by atoms with Crippen molar-refractivity contribution in [1.29, 1.82) is 0 Å². The molecule has 1 aliphatic rings. The largest absolute Gasteiger partial charge is 0.389 e. The Bertz CT molecular complexity index is 335. The maximum absolute atomic E-state index is 9.40. The number of aliphatic hydroxyl groups excluding tert-OH is 2. The fraction of sp³-hybridized carbons (Fsp3) is 0.455. The Morgan fingerprint density at radius 3 is 2.53 bits per heavy atom. The summed E-state index contributed by atoms with van der Waals surface area (Å²) in [6.45, 7) is 1.87. The van der Waals surface area contributed by atoms with Crippen LogP contribution >= 0.6 is 15.9 Å². The van der Waals surface area contributed by atoms with Gasteiger partial charge in [0.15, 0.2) is 0 Å². The molecule has 1 fully saturated rings. The fourth-order valence-corrected chi connectivity index (χ4v) is 2.32. The second-order valence-electron chi connectivity index (χ2n) is 3.96. The van der Waals surface area contributed by atoms with Gasteiger partial charge in [-0.3, -0.25) is 4.90 Å². The van der Waals surface area contributed by atoms with E-state index in [-0.39, 0.29) is 0 Å². The van der Waals surface area contributed by atoms with E-state index in [0.717, 1.165) is 11.0 Å². The lowest BCUT2D eigenvalue weighted by atomic mass is 10.2. The Morgan fingerprint density at radius 1 is 1.27 bits per heavy atom. The van der Waals surface area contributed by atoms with Gasteiger partial charge in [-0.15, -0.1) is 0 Å². The minimum atomic E-state index is -0.600. The molecule has 2 unspecified atom stereocenters. The van der Waals surface area contributed by atoms with Gasteiger partial charge in [0.1, 0.15) is 0 Å². The summed E-state index contributed by atoms with van der Waals surface area (Å²) in [6.07, 6.45) is -1.20. The molecule has 1 aromatic carbocycles. The molecule has 15 heavy (non-hydrogen) atoms. The smallest absolute Gasteiger partial charge is 0.0938 e. The molecule has 2 rings (SSSR count). The summed E-state index contributed by atoms with van der Waals surface area (Å²) in [5.74, 6) is 0. The van der Waals surface area contributed by atoms with Gasteiger partial charge < -0.3 is 10.2 Å². The Labute approximate surface area is 97.5 Å². The lowest BCUT2D eigenvalue weighted by molar-refractivity contribution is 0.0572. The number of halogens is 1. The van der Waals surface area contributed by atoms with E-state index in [4.69, 9.17) is 0 Å². The Balaban J connectivity index is 1.98. The number of β-amino-alcohol motifs (C(OH)–C–C–N with tert-alkyl or cyclic N) is 2. The van der Waals surface area contributed by atoms with E-state index in [1.54, 1.807) is 0 Å².